The fraction of sp³-hybridized carbons (Fsp3) is 0.333. The monoisotopic (exact) mass is 267 g/mol. The summed E-state index contributed by atoms with van der Waals surface area (Å²) >= 11 is 2.60. The third-order valence-electron chi connectivity index (χ3n) is 2.43. The minimum Gasteiger partial charge on any atom is -0.268 e. The van der Waals surface area contributed by atoms with Gasteiger partial charge in [0.25, 0.3) is 11.1 Å². The number of imide groups is 1. The summed E-state index contributed by atoms with van der Waals surface area (Å²) < 4.78 is 0. The van der Waals surface area contributed by atoms with Crippen LogP contribution in [-0.2, 0) is 4.79 Å². The highest BCUT2D eigenvalue weighted by molar-refractivity contribution is 8.18. The van der Waals surface area contributed by atoms with Crippen molar-refractivity contribution in [3.8, 4) is 0 Å². The van der Waals surface area contributed by atoms with E-state index in [1.807, 2.05) is 24.4 Å². The Morgan fingerprint density at radius 1 is 1.41 bits per heavy atom. The van der Waals surface area contributed by atoms with Crippen LogP contribution < -0.4 is 0 Å². The molecule has 2 amide bonds. The zero-order valence-electron chi connectivity index (χ0n) is 9.51. The Bertz CT molecular complexity index is 451. The van der Waals surface area contributed by atoms with Crippen molar-refractivity contribution in [3.05, 3.63) is 27.3 Å². The van der Waals surface area contributed by atoms with Crippen molar-refractivity contribution in [1.29, 1.82) is 0 Å². The minimum atomic E-state index is -0.151. The maximum atomic E-state index is 12.0. The largest absolute Gasteiger partial charge is 0.293 e. The second kappa shape index (κ2) is 5.51. The first-order chi connectivity index (χ1) is 8.22. The van der Waals surface area contributed by atoms with E-state index >= 15 is 0 Å². The first-order valence-corrected chi connectivity index (χ1v) is 7.21. The SMILES string of the molecule is CCCCN1C(=O)S/C(=C\c2cccs2)C1=O. The highest BCUT2D eigenvalue weighted by atomic mass is 32.2. The number of thioether (sulfide) groups is 1. The van der Waals surface area contributed by atoms with Gasteiger partial charge in [0.15, 0.2) is 0 Å². The summed E-state index contributed by atoms with van der Waals surface area (Å²) in [7, 11) is 0. The predicted molar refractivity (Wildman–Crippen MR) is 71.9 cm³/mol. The summed E-state index contributed by atoms with van der Waals surface area (Å²) in [5.41, 5.74) is 0. The minimum absolute atomic E-state index is 0.147. The third-order valence-corrected chi connectivity index (χ3v) is 4.15. The molecule has 1 saturated heterocycles. The molecule has 0 radical (unpaired) electrons. The highest BCUT2D eigenvalue weighted by Gasteiger charge is 2.34. The van der Waals surface area contributed by atoms with E-state index in [0.29, 0.717) is 11.4 Å². The van der Waals surface area contributed by atoms with Crippen LogP contribution in [0.25, 0.3) is 6.08 Å². The second-order valence-corrected chi connectivity index (χ2v) is 5.67. The number of unbranched alkanes of at least 4 members (excludes halogenated alkanes) is 1. The summed E-state index contributed by atoms with van der Waals surface area (Å²) in [6.07, 6.45) is 3.64. The van der Waals surface area contributed by atoms with E-state index in [1.165, 1.54) is 4.90 Å². The lowest BCUT2D eigenvalue weighted by Crippen LogP contribution is -2.29. The first kappa shape index (κ1) is 12.4. The molecule has 2 heterocycles. The maximum Gasteiger partial charge on any atom is 0.293 e. The number of hydrogen-bond donors (Lipinski definition) is 0. The van der Waals surface area contributed by atoms with Gasteiger partial charge in [0.1, 0.15) is 0 Å². The summed E-state index contributed by atoms with van der Waals surface area (Å²) in [5, 5.41) is 1.80. The lowest BCUT2D eigenvalue weighted by atomic mass is 10.3. The zero-order chi connectivity index (χ0) is 12.3. The van der Waals surface area contributed by atoms with E-state index in [-0.39, 0.29) is 11.1 Å². The molecule has 1 fully saturated rings. The van der Waals surface area contributed by atoms with E-state index in [2.05, 4.69) is 0 Å². The number of amides is 2. The van der Waals surface area contributed by atoms with Gasteiger partial charge in [-0.25, -0.2) is 0 Å². The molecular formula is C12H13NO2S2. The van der Waals surface area contributed by atoms with E-state index in [4.69, 9.17) is 0 Å². The molecule has 0 aromatic carbocycles. The molecule has 5 heteroatoms. The Balaban J connectivity index is 2.13. The number of carbonyl (C=O) groups excluding carboxylic acids is 2. The smallest absolute Gasteiger partial charge is 0.268 e. The summed E-state index contributed by atoms with van der Waals surface area (Å²) in [6.45, 7) is 2.57. The lowest BCUT2D eigenvalue weighted by molar-refractivity contribution is -0.122. The molecular weight excluding hydrogens is 254 g/mol. The average Bonchev–Trinajstić information content (AvgIpc) is 2.89. The van der Waals surface area contributed by atoms with Crippen molar-refractivity contribution < 1.29 is 9.59 Å². The fourth-order valence-corrected chi connectivity index (χ4v) is 3.10. The van der Waals surface area contributed by atoms with Crippen LogP contribution in [0.3, 0.4) is 0 Å². The molecule has 0 aliphatic carbocycles. The number of carbonyl (C=O) groups is 2. The zero-order valence-corrected chi connectivity index (χ0v) is 11.1. The molecule has 0 saturated carbocycles. The van der Waals surface area contributed by atoms with Gasteiger partial charge >= 0.3 is 0 Å². The van der Waals surface area contributed by atoms with Crippen LogP contribution in [0.15, 0.2) is 22.4 Å². The van der Waals surface area contributed by atoms with Gasteiger partial charge in [-0.2, -0.15) is 0 Å². The van der Waals surface area contributed by atoms with Gasteiger partial charge in [0.05, 0.1) is 4.91 Å². The Kier molecular flexibility index (Phi) is 4.02. The normalized spacial score (nSPS) is 18.4. The van der Waals surface area contributed by atoms with Crippen molar-refractivity contribution in [1.82, 2.24) is 4.90 Å². The number of hydrogen-bond acceptors (Lipinski definition) is 4. The Hall–Kier alpha value is -1.07. The molecule has 1 aromatic rings. The Morgan fingerprint density at radius 2 is 2.24 bits per heavy atom. The molecule has 0 N–H and O–H groups in total. The predicted octanol–water partition coefficient (Wildman–Crippen LogP) is 3.58. The number of thiophene rings is 1. The Morgan fingerprint density at radius 3 is 2.88 bits per heavy atom. The second-order valence-electron chi connectivity index (χ2n) is 3.70. The fourth-order valence-electron chi connectivity index (χ4n) is 1.51. The van der Waals surface area contributed by atoms with Crippen molar-refractivity contribution in [2.45, 2.75) is 19.8 Å². The van der Waals surface area contributed by atoms with E-state index < -0.39 is 0 Å². The summed E-state index contributed by atoms with van der Waals surface area (Å²) in [4.78, 5) is 26.5. The van der Waals surface area contributed by atoms with E-state index in [9.17, 15) is 9.59 Å². The highest BCUT2D eigenvalue weighted by Crippen LogP contribution is 2.32. The summed E-state index contributed by atoms with van der Waals surface area (Å²) in [5.74, 6) is -0.151. The van der Waals surface area contributed by atoms with Crippen molar-refractivity contribution in [2.75, 3.05) is 6.54 Å². The van der Waals surface area contributed by atoms with Crippen molar-refractivity contribution >= 4 is 40.3 Å². The molecule has 1 aliphatic rings. The molecule has 3 nitrogen and oxygen atoms in total. The molecule has 17 heavy (non-hydrogen) atoms. The van der Waals surface area contributed by atoms with Crippen LogP contribution >= 0.6 is 23.1 Å². The van der Waals surface area contributed by atoms with Gasteiger partial charge in [-0.1, -0.05) is 19.4 Å². The molecule has 1 aliphatic heterocycles. The molecule has 0 spiro atoms. The molecule has 1 aromatic heterocycles. The summed E-state index contributed by atoms with van der Waals surface area (Å²) in [6, 6.07) is 3.86. The van der Waals surface area contributed by atoms with Gasteiger partial charge in [0.2, 0.25) is 0 Å². The topological polar surface area (TPSA) is 37.4 Å². The number of rotatable bonds is 4. The molecule has 2 rings (SSSR count). The van der Waals surface area contributed by atoms with Gasteiger partial charge in [-0.05, 0) is 35.7 Å². The van der Waals surface area contributed by atoms with E-state index in [1.54, 1.807) is 17.4 Å². The van der Waals surface area contributed by atoms with Crippen molar-refractivity contribution in [3.63, 3.8) is 0 Å². The van der Waals surface area contributed by atoms with Gasteiger partial charge in [0, 0.05) is 11.4 Å². The maximum absolute atomic E-state index is 12.0. The van der Waals surface area contributed by atoms with Gasteiger partial charge in [-0.3, -0.25) is 14.5 Å². The molecule has 0 unspecified atom stereocenters. The number of nitrogens with zero attached hydrogens (tertiary/aromatic N) is 1. The lowest BCUT2D eigenvalue weighted by Gasteiger charge is -2.10. The van der Waals surface area contributed by atoms with Gasteiger partial charge in [-0.15, -0.1) is 11.3 Å². The van der Waals surface area contributed by atoms with Crippen LogP contribution in [0, 0.1) is 0 Å². The van der Waals surface area contributed by atoms with Crippen LogP contribution in [0.5, 0.6) is 0 Å². The molecule has 0 bridgehead atoms. The van der Waals surface area contributed by atoms with Crippen LogP contribution in [0.2, 0.25) is 0 Å². The Labute approximate surface area is 109 Å². The third kappa shape index (κ3) is 2.79. The van der Waals surface area contributed by atoms with Crippen molar-refractivity contribution in [2.24, 2.45) is 0 Å². The standard InChI is InChI=1S/C12H13NO2S2/c1-2-3-6-13-11(14)10(17-12(13)15)8-9-5-4-7-16-9/h4-5,7-8H,2-3,6H2,1H3/b10-8-. The van der Waals surface area contributed by atoms with Crippen LogP contribution in [0.1, 0.15) is 24.6 Å². The van der Waals surface area contributed by atoms with Crippen LogP contribution in [-0.4, -0.2) is 22.6 Å². The van der Waals surface area contributed by atoms with Gasteiger partial charge < -0.3 is 0 Å². The average molecular weight is 267 g/mol. The molecule has 0 atom stereocenters. The van der Waals surface area contributed by atoms with E-state index in [0.717, 1.165) is 29.5 Å². The quantitative estimate of drug-likeness (QED) is 0.782. The van der Waals surface area contributed by atoms with Crippen LogP contribution in [0.4, 0.5) is 4.79 Å². The molecule has 90 valence electrons. The first-order valence-electron chi connectivity index (χ1n) is 5.51.